The molecule has 0 saturated heterocycles. The number of benzene rings is 2. The summed E-state index contributed by atoms with van der Waals surface area (Å²) in [6.07, 6.45) is 0. The molecule has 0 aromatic heterocycles. The molecule has 0 aliphatic rings. The van der Waals surface area contributed by atoms with Gasteiger partial charge in [0.15, 0.2) is 6.61 Å². The van der Waals surface area contributed by atoms with E-state index in [1.807, 2.05) is 30.3 Å². The van der Waals surface area contributed by atoms with Crippen molar-refractivity contribution in [3.05, 3.63) is 63.6 Å². The molecule has 0 aliphatic heterocycles. The second-order valence-corrected chi connectivity index (χ2v) is 6.95. The molecule has 0 heterocycles. The number of ether oxygens (including phenoxy) is 1. The Balaban J connectivity index is 2.12. The van der Waals surface area contributed by atoms with Gasteiger partial charge in [0, 0.05) is 18.6 Å². The summed E-state index contributed by atoms with van der Waals surface area (Å²) in [5.74, 6) is -0.0104. The standard InChI is InChI=1S/C19H20BrClN2O3/c1-13(19(25)22-2)23(11-14-6-4-3-5-7-14)18(24)12-26-17-9-8-15(21)10-16(17)20/h3-10,13H,11-12H2,1-2H3,(H,22,25). The Hall–Kier alpha value is -2.05. The maximum absolute atomic E-state index is 12.7. The van der Waals surface area contributed by atoms with Crippen LogP contribution in [-0.2, 0) is 16.1 Å². The highest BCUT2D eigenvalue weighted by Gasteiger charge is 2.25. The van der Waals surface area contributed by atoms with E-state index in [0.29, 0.717) is 21.8 Å². The maximum Gasteiger partial charge on any atom is 0.261 e. The van der Waals surface area contributed by atoms with Gasteiger partial charge in [0.1, 0.15) is 11.8 Å². The fraction of sp³-hybridized carbons (Fsp3) is 0.263. The Kier molecular flexibility index (Phi) is 7.48. The quantitative estimate of drug-likeness (QED) is 0.716. The zero-order valence-electron chi connectivity index (χ0n) is 14.5. The van der Waals surface area contributed by atoms with Crippen molar-refractivity contribution in [3.8, 4) is 5.75 Å². The molecule has 0 radical (unpaired) electrons. The van der Waals surface area contributed by atoms with E-state index >= 15 is 0 Å². The molecule has 0 spiro atoms. The summed E-state index contributed by atoms with van der Waals surface area (Å²) in [7, 11) is 1.55. The number of carbonyl (C=O) groups is 2. The highest BCUT2D eigenvalue weighted by atomic mass is 79.9. The summed E-state index contributed by atoms with van der Waals surface area (Å²) < 4.78 is 6.27. The van der Waals surface area contributed by atoms with E-state index in [2.05, 4.69) is 21.2 Å². The van der Waals surface area contributed by atoms with Crippen LogP contribution in [0.2, 0.25) is 5.02 Å². The minimum Gasteiger partial charge on any atom is -0.483 e. The van der Waals surface area contributed by atoms with E-state index in [4.69, 9.17) is 16.3 Å². The molecule has 2 amide bonds. The van der Waals surface area contributed by atoms with E-state index < -0.39 is 6.04 Å². The molecule has 5 nitrogen and oxygen atoms in total. The lowest BCUT2D eigenvalue weighted by Gasteiger charge is -2.28. The van der Waals surface area contributed by atoms with Gasteiger partial charge in [0.05, 0.1) is 4.47 Å². The summed E-state index contributed by atoms with van der Waals surface area (Å²) in [6, 6.07) is 13.9. The minimum atomic E-state index is -0.620. The largest absolute Gasteiger partial charge is 0.483 e. The summed E-state index contributed by atoms with van der Waals surface area (Å²) in [5, 5.41) is 3.14. The number of nitrogens with one attached hydrogen (secondary N) is 1. The maximum atomic E-state index is 12.7. The molecule has 26 heavy (non-hydrogen) atoms. The van der Waals surface area contributed by atoms with Gasteiger partial charge in [0.2, 0.25) is 5.91 Å². The highest BCUT2D eigenvalue weighted by Crippen LogP contribution is 2.28. The van der Waals surface area contributed by atoms with E-state index in [1.165, 1.54) is 4.90 Å². The second kappa shape index (κ2) is 9.59. The average molecular weight is 440 g/mol. The highest BCUT2D eigenvalue weighted by molar-refractivity contribution is 9.10. The fourth-order valence-corrected chi connectivity index (χ4v) is 3.18. The molecular weight excluding hydrogens is 420 g/mol. The molecule has 2 rings (SSSR count). The predicted octanol–water partition coefficient (Wildman–Crippen LogP) is 3.64. The van der Waals surface area contributed by atoms with Crippen molar-refractivity contribution in [3.63, 3.8) is 0 Å². The van der Waals surface area contributed by atoms with Gasteiger partial charge in [-0.2, -0.15) is 0 Å². The molecule has 2 aromatic carbocycles. The average Bonchev–Trinajstić information content (AvgIpc) is 2.64. The molecule has 0 saturated carbocycles. The third-order valence-corrected chi connectivity index (χ3v) is 4.71. The molecule has 0 bridgehead atoms. The van der Waals surface area contributed by atoms with Gasteiger partial charge in [-0.25, -0.2) is 0 Å². The Morgan fingerprint density at radius 2 is 1.92 bits per heavy atom. The van der Waals surface area contributed by atoms with Crippen LogP contribution in [0.1, 0.15) is 12.5 Å². The normalized spacial score (nSPS) is 11.5. The van der Waals surface area contributed by atoms with Crippen LogP contribution in [0.25, 0.3) is 0 Å². The van der Waals surface area contributed by atoms with Crippen LogP contribution < -0.4 is 10.1 Å². The van der Waals surface area contributed by atoms with Gasteiger partial charge in [-0.3, -0.25) is 9.59 Å². The number of halogens is 2. The summed E-state index contributed by atoms with van der Waals surface area (Å²) in [5.41, 5.74) is 0.935. The van der Waals surface area contributed by atoms with Crippen molar-refractivity contribution < 1.29 is 14.3 Å². The monoisotopic (exact) mass is 438 g/mol. The number of nitrogens with zero attached hydrogens (tertiary/aromatic N) is 1. The van der Waals surface area contributed by atoms with Crippen molar-refractivity contribution >= 4 is 39.3 Å². The fourth-order valence-electron chi connectivity index (χ4n) is 2.39. The zero-order valence-corrected chi connectivity index (χ0v) is 16.9. The smallest absolute Gasteiger partial charge is 0.261 e. The number of hydrogen-bond acceptors (Lipinski definition) is 3. The predicted molar refractivity (Wildman–Crippen MR) is 105 cm³/mol. The number of amides is 2. The molecule has 1 unspecified atom stereocenters. The summed E-state index contributed by atoms with van der Waals surface area (Å²) in [4.78, 5) is 26.3. The third kappa shape index (κ3) is 5.47. The first-order valence-electron chi connectivity index (χ1n) is 8.05. The molecule has 7 heteroatoms. The van der Waals surface area contributed by atoms with Gasteiger partial charge in [0.25, 0.3) is 5.91 Å². The van der Waals surface area contributed by atoms with E-state index in [9.17, 15) is 9.59 Å². The van der Waals surface area contributed by atoms with Crippen LogP contribution in [0.5, 0.6) is 5.75 Å². The first kappa shape index (κ1) is 20.3. The number of carbonyl (C=O) groups excluding carboxylic acids is 2. The van der Waals surface area contributed by atoms with Gasteiger partial charge < -0.3 is 15.0 Å². The first-order valence-corrected chi connectivity index (χ1v) is 9.22. The Morgan fingerprint density at radius 1 is 1.23 bits per heavy atom. The van der Waals surface area contributed by atoms with Gasteiger partial charge in [-0.05, 0) is 46.6 Å². The minimum absolute atomic E-state index is 0.186. The molecule has 0 aliphatic carbocycles. The molecule has 1 atom stereocenters. The van der Waals surface area contributed by atoms with Crippen LogP contribution in [0, 0.1) is 0 Å². The van der Waals surface area contributed by atoms with Crippen LogP contribution in [0.3, 0.4) is 0 Å². The lowest BCUT2D eigenvalue weighted by molar-refractivity contribution is -0.142. The third-order valence-electron chi connectivity index (χ3n) is 3.85. The molecular formula is C19H20BrClN2O3. The van der Waals surface area contributed by atoms with Gasteiger partial charge >= 0.3 is 0 Å². The summed E-state index contributed by atoms with van der Waals surface area (Å²) in [6.45, 7) is 1.83. The van der Waals surface area contributed by atoms with Crippen molar-refractivity contribution in [2.45, 2.75) is 19.5 Å². The Labute approximate surface area is 166 Å². The van der Waals surface area contributed by atoms with E-state index in [1.54, 1.807) is 32.2 Å². The van der Waals surface area contributed by atoms with Crippen LogP contribution in [0.4, 0.5) is 0 Å². The lowest BCUT2D eigenvalue weighted by Crippen LogP contribution is -2.48. The zero-order chi connectivity index (χ0) is 19.1. The van der Waals surface area contributed by atoms with Crippen LogP contribution in [0.15, 0.2) is 53.0 Å². The van der Waals surface area contributed by atoms with Crippen molar-refractivity contribution in [2.75, 3.05) is 13.7 Å². The number of likely N-dealkylation sites (N-methyl/N-ethyl adjacent to an activating group) is 1. The second-order valence-electron chi connectivity index (χ2n) is 5.66. The van der Waals surface area contributed by atoms with Crippen molar-refractivity contribution in [1.29, 1.82) is 0 Å². The van der Waals surface area contributed by atoms with Gasteiger partial charge in [-0.15, -0.1) is 0 Å². The summed E-state index contributed by atoms with van der Waals surface area (Å²) >= 11 is 9.26. The molecule has 0 fully saturated rings. The Bertz CT molecular complexity index is 771. The van der Waals surface area contributed by atoms with Crippen molar-refractivity contribution in [1.82, 2.24) is 10.2 Å². The van der Waals surface area contributed by atoms with Crippen LogP contribution >= 0.6 is 27.5 Å². The Morgan fingerprint density at radius 3 is 2.54 bits per heavy atom. The number of rotatable bonds is 7. The van der Waals surface area contributed by atoms with E-state index in [0.717, 1.165) is 5.56 Å². The molecule has 138 valence electrons. The van der Waals surface area contributed by atoms with Crippen LogP contribution in [-0.4, -0.2) is 36.4 Å². The molecule has 2 aromatic rings. The molecule has 1 N–H and O–H groups in total. The van der Waals surface area contributed by atoms with Gasteiger partial charge in [-0.1, -0.05) is 41.9 Å². The SMILES string of the molecule is CNC(=O)C(C)N(Cc1ccccc1)C(=O)COc1ccc(Cl)cc1Br. The van der Waals surface area contributed by atoms with E-state index in [-0.39, 0.29) is 18.4 Å². The first-order chi connectivity index (χ1) is 12.4. The lowest BCUT2D eigenvalue weighted by atomic mass is 10.1. The number of hydrogen-bond donors (Lipinski definition) is 1. The topological polar surface area (TPSA) is 58.6 Å². The van der Waals surface area contributed by atoms with Crippen molar-refractivity contribution in [2.24, 2.45) is 0 Å².